The summed E-state index contributed by atoms with van der Waals surface area (Å²) in [5.74, 6) is 2.49. The number of Topliss-reactive ketones (excluding diaryl/α,β-unsaturated/α-hetero) is 3. The van der Waals surface area contributed by atoms with Gasteiger partial charge in [0.25, 0.3) is 0 Å². The molecule has 13 rings (SSSR count). The highest BCUT2D eigenvalue weighted by Gasteiger charge is 2.70. The van der Waals surface area contributed by atoms with Crippen molar-refractivity contribution < 1.29 is 88.9 Å². The second-order valence-electron chi connectivity index (χ2n) is 47.9. The Balaban J connectivity index is 0.548. The molecule has 33 atom stereocenters. The van der Waals surface area contributed by atoms with Gasteiger partial charge in [-0.1, -0.05) is 141 Å². The normalized spacial score (nSPS) is 45.5. The number of aliphatic carboxylic acids is 3. The van der Waals surface area contributed by atoms with E-state index in [-0.39, 0.29) is 176 Å². The van der Waals surface area contributed by atoms with Crippen LogP contribution in [-0.4, -0.2) is 156 Å². The van der Waals surface area contributed by atoms with Crippen molar-refractivity contribution in [3.63, 3.8) is 0 Å². The molecule has 0 unspecified atom stereocenters. The van der Waals surface area contributed by atoms with Crippen LogP contribution in [0.25, 0.3) is 0 Å². The van der Waals surface area contributed by atoms with E-state index in [1.54, 1.807) is 0 Å². The quantitative estimate of drug-likeness (QED) is 0.0257. The monoisotopic (exact) mass is 1720 g/mol. The number of hydrogen-bond donors (Lipinski definition) is 9. The van der Waals surface area contributed by atoms with E-state index in [0.29, 0.717) is 115 Å². The number of fused-ring (bicyclic) bond motifs is 15. The van der Waals surface area contributed by atoms with E-state index in [1.165, 1.54) is 0 Å². The summed E-state index contributed by atoms with van der Waals surface area (Å²) in [5.41, 5.74) is -3.29. The Morgan fingerprint density at radius 1 is 0.301 bits per heavy atom. The Labute approximate surface area is 741 Å². The molecule has 0 saturated heterocycles. The fraction of sp³-hybridized carbons (Fsp3) is 0.943. The number of ether oxygens (including phenoxy) is 3. The largest absolute Gasteiger partial charge is 0.481 e. The fourth-order valence-corrected chi connectivity index (χ4v) is 34.2. The van der Waals surface area contributed by atoms with E-state index >= 15 is 0 Å². The highest BCUT2D eigenvalue weighted by atomic mass is 16.5. The number of carbonyl (C=O) groups excluding carboxylic acids is 3. The van der Waals surface area contributed by atoms with E-state index in [0.717, 1.165) is 212 Å². The van der Waals surface area contributed by atoms with E-state index in [1.807, 2.05) is 0 Å². The highest BCUT2D eigenvalue weighted by Crippen LogP contribution is 2.73. The first kappa shape index (κ1) is 97.6. The van der Waals surface area contributed by atoms with Crippen molar-refractivity contribution in [3.05, 3.63) is 0 Å². The third-order valence-corrected chi connectivity index (χ3v) is 41.0. The van der Waals surface area contributed by atoms with Crippen LogP contribution < -0.4 is 0 Å². The Bertz CT molecular complexity index is 3200. The Morgan fingerprint density at radius 2 is 0.545 bits per heavy atom. The molecule has 9 N–H and O–H groups in total. The number of rotatable bonds is 42. The van der Waals surface area contributed by atoms with Crippen LogP contribution >= 0.6 is 0 Å². The van der Waals surface area contributed by atoms with Crippen LogP contribution in [0.2, 0.25) is 0 Å². The summed E-state index contributed by atoms with van der Waals surface area (Å²) in [5, 5.41) is 101. The minimum atomic E-state index is -0.810. The first-order valence-electron chi connectivity index (χ1n) is 51.4. The Hall–Kier alpha value is -2.94. The molecule has 13 saturated carbocycles. The number of carboxylic acids is 3. The summed E-state index contributed by atoms with van der Waals surface area (Å²) < 4.78 is 20.0. The van der Waals surface area contributed by atoms with Crippen LogP contribution in [0.5, 0.6) is 0 Å². The van der Waals surface area contributed by atoms with Gasteiger partial charge in [0, 0.05) is 74.6 Å². The molecule has 13 fully saturated rings. The predicted molar refractivity (Wildman–Crippen MR) is 478 cm³/mol. The average Bonchev–Trinajstić information content (AvgIpc) is 1.68. The maximum Gasteiger partial charge on any atom is 0.303 e. The van der Waals surface area contributed by atoms with E-state index < -0.39 is 70.8 Å². The number of aliphatic hydroxyl groups excluding tert-OH is 6. The second-order valence-corrected chi connectivity index (χ2v) is 47.9. The molecule has 18 nitrogen and oxygen atoms in total. The Kier molecular flexibility index (Phi) is 31.6. The van der Waals surface area contributed by atoms with Crippen molar-refractivity contribution in [3.8, 4) is 0 Å². The molecule has 0 aromatic heterocycles. The average molecular weight is 1720 g/mol. The smallest absolute Gasteiger partial charge is 0.303 e. The van der Waals surface area contributed by atoms with Gasteiger partial charge in [0.15, 0.2) is 0 Å². The van der Waals surface area contributed by atoms with Crippen LogP contribution in [0.1, 0.15) is 391 Å². The number of carboxylic acid groups (broad SMARTS) is 3. The molecule has 0 aliphatic heterocycles. The lowest BCUT2D eigenvalue weighted by Gasteiger charge is -2.63. The molecule has 0 radical (unpaired) electrons. The second kappa shape index (κ2) is 39.9. The zero-order valence-electron chi connectivity index (χ0n) is 78.9. The number of ketones is 3. The maximum absolute atomic E-state index is 14.9. The first-order valence-corrected chi connectivity index (χ1v) is 51.4. The molecular weight excluding hydrogens is 1550 g/mol. The molecule has 0 aromatic carbocycles. The van der Waals surface area contributed by atoms with Crippen molar-refractivity contribution in [2.24, 2.45) is 155 Å². The summed E-state index contributed by atoms with van der Waals surface area (Å²) >= 11 is 0. The molecular formula is C105H174O18. The van der Waals surface area contributed by atoms with Gasteiger partial charge in [-0.3, -0.25) is 28.8 Å². The lowest BCUT2D eigenvalue weighted by Crippen LogP contribution is -2.62. The van der Waals surface area contributed by atoms with Crippen LogP contribution in [0.3, 0.4) is 0 Å². The van der Waals surface area contributed by atoms with Gasteiger partial charge >= 0.3 is 17.9 Å². The first-order chi connectivity index (χ1) is 58.2. The summed E-state index contributed by atoms with van der Waals surface area (Å²) in [6.45, 7) is 28.8. The molecule has 702 valence electrons. The fourth-order valence-electron chi connectivity index (χ4n) is 34.2. The molecule has 0 aromatic rings. The van der Waals surface area contributed by atoms with Gasteiger partial charge in [-0.25, -0.2) is 0 Å². The maximum atomic E-state index is 14.9. The molecule has 0 spiro atoms. The SMILES string of the molecule is C[C@H](CCC(=O)O)[C@H]1CC[C@H]2[C@@H]3[C@H](O)C[C@@H]4C[C@@H](OCCCCCCCC(=O)C5(C)CC(C)(C(=O)CCCCCCCO[C@H]6CC[C@@]7(C)[C@@H](C6)C[C@@H](O)[C@@H]6[C@@H]7C[C@H](O)[C@]7(C)[C@@H]([C@H](C)CCC(=O)O)CC[C@@H]67)CC(C)(C(=O)CCCCCCCO[C@H]6CC[C@@]7(C)[C@@H](C6)C[C@@H](O)[C@@H]6[C@@H]7C[C@H](O)[C@]7(C)[C@@H]([C@H](C)CCC(=O)O)CC[C@@H]67)C5)CC[C@]4(C)[C@H]3C[C@H](O)[C@]12C. The third-order valence-electron chi connectivity index (χ3n) is 41.0. The molecule has 0 bridgehead atoms. The number of carbonyl (C=O) groups is 6. The number of unbranched alkanes of at least 4 members (excludes halogenated alkanes) is 12. The Morgan fingerprint density at radius 3 is 0.797 bits per heavy atom. The molecule has 123 heavy (non-hydrogen) atoms. The van der Waals surface area contributed by atoms with Gasteiger partial charge in [-0.05, 0) is 351 Å². The summed E-state index contributed by atoms with van der Waals surface area (Å²) in [6.07, 6.45) is 35.8. The van der Waals surface area contributed by atoms with Crippen LogP contribution in [0.4, 0.5) is 0 Å². The van der Waals surface area contributed by atoms with Crippen LogP contribution in [-0.2, 0) is 43.0 Å². The van der Waals surface area contributed by atoms with Crippen LogP contribution in [0, 0.1) is 155 Å². The minimum absolute atomic E-state index is 0.0297. The van der Waals surface area contributed by atoms with Crippen molar-refractivity contribution in [1.82, 2.24) is 0 Å². The lowest BCUT2D eigenvalue weighted by atomic mass is 9.43. The molecule has 0 amide bonds. The van der Waals surface area contributed by atoms with Crippen molar-refractivity contribution >= 4 is 35.3 Å². The highest BCUT2D eigenvalue weighted by molar-refractivity contribution is 5.92. The van der Waals surface area contributed by atoms with Gasteiger partial charge in [-0.2, -0.15) is 0 Å². The van der Waals surface area contributed by atoms with Gasteiger partial charge in [0.2, 0.25) is 0 Å². The summed E-state index contributed by atoms with van der Waals surface area (Å²) in [7, 11) is 0. The lowest BCUT2D eigenvalue weighted by molar-refractivity contribution is -0.209. The number of aliphatic hydroxyl groups is 6. The molecule has 18 heteroatoms. The van der Waals surface area contributed by atoms with Crippen molar-refractivity contribution in [2.45, 2.75) is 446 Å². The standard InChI is InChI=1S/C105H174O18/c1-64(31-40-91(115)116)73-34-37-76-94-79(58-88(112)103(73,76)10)100(7)46-43-70(52-67(100)55-82(94)106)121-49-25-19-13-16-22-28-85(109)97(4)61-98(5,86(110)29-23-17-14-20-26-50-122-71-44-47-101(8)68(53-71)56-83(107)95-77-38-35-74(65(2)32-41-92(117)118)104(77,11)89(113)59-80(95)101)63-99(6,62-97)87(111)30-24-18-15-21-27-51-123-72-45-48-102(9)69(54-72)57-84(108)96-78-39-36-75(66(3)33-42-93(119)120)105(78,12)90(114)60-81(96)102/h64-84,88-90,94-96,106-108,112-114H,13-63H2,1-12H3,(H,115,116)(H,117,118)(H,119,120)/t64-,65-,66-,67+,68+,69+,70+,71+,72+,73-,74-,75-,76+,77+,78+,79+,80+,81+,82-,83-,84-,88+,89+,90+,94+,95+,96+,97?,98?,99?,100+,101+,102+,103-,104-,105-/m1/s1. The predicted octanol–water partition coefficient (Wildman–Crippen LogP) is 20.4. The number of hydrogen-bond acceptors (Lipinski definition) is 15. The topological polar surface area (TPSA) is 312 Å². The van der Waals surface area contributed by atoms with Crippen molar-refractivity contribution in [2.75, 3.05) is 19.8 Å². The molecule has 0 heterocycles. The van der Waals surface area contributed by atoms with Gasteiger partial charge in [-0.15, -0.1) is 0 Å². The summed E-state index contributed by atoms with van der Waals surface area (Å²) in [4.78, 5) is 79.4. The van der Waals surface area contributed by atoms with E-state index in [4.69, 9.17) is 14.2 Å². The van der Waals surface area contributed by atoms with Crippen LogP contribution in [0.15, 0.2) is 0 Å². The molecule has 13 aliphatic carbocycles. The van der Waals surface area contributed by atoms with Gasteiger partial charge in [0.1, 0.15) is 17.3 Å². The van der Waals surface area contributed by atoms with E-state index in [2.05, 4.69) is 83.1 Å². The third kappa shape index (κ3) is 19.7. The molecule has 13 aliphatic rings. The van der Waals surface area contributed by atoms with Gasteiger partial charge in [0.05, 0.1) is 54.9 Å². The zero-order chi connectivity index (χ0) is 88.7. The summed E-state index contributed by atoms with van der Waals surface area (Å²) in [6, 6.07) is 0. The minimum Gasteiger partial charge on any atom is -0.481 e. The zero-order valence-corrected chi connectivity index (χ0v) is 78.9. The van der Waals surface area contributed by atoms with Gasteiger partial charge < -0.3 is 60.2 Å². The van der Waals surface area contributed by atoms with Crippen molar-refractivity contribution in [1.29, 1.82) is 0 Å². The van der Waals surface area contributed by atoms with E-state index in [9.17, 15) is 74.7 Å².